The minimum atomic E-state index is -0.102. The highest BCUT2D eigenvalue weighted by Gasteiger charge is 2.30. The van der Waals surface area contributed by atoms with Gasteiger partial charge in [-0.15, -0.1) is 0 Å². The van der Waals surface area contributed by atoms with Crippen LogP contribution in [-0.2, 0) is 9.53 Å². The van der Waals surface area contributed by atoms with Gasteiger partial charge in [-0.2, -0.15) is 0 Å². The van der Waals surface area contributed by atoms with E-state index in [0.717, 1.165) is 38.8 Å². The number of nitrogens with one attached hydrogen (secondary N) is 1. The number of hydrogen-bond acceptors (Lipinski definition) is 3. The van der Waals surface area contributed by atoms with Crippen LogP contribution in [0, 0.1) is 11.8 Å². The summed E-state index contributed by atoms with van der Waals surface area (Å²) >= 11 is 0. The summed E-state index contributed by atoms with van der Waals surface area (Å²) in [4.78, 5) is 12.2. The molecule has 1 aliphatic heterocycles. The fourth-order valence-electron chi connectivity index (χ4n) is 3.58. The molecular formula is C16H30N2O2. The molecular weight excluding hydrogens is 252 g/mol. The van der Waals surface area contributed by atoms with Crippen LogP contribution in [0.15, 0.2) is 0 Å². The van der Waals surface area contributed by atoms with Crippen molar-refractivity contribution in [1.29, 1.82) is 0 Å². The van der Waals surface area contributed by atoms with E-state index in [1.54, 1.807) is 0 Å². The van der Waals surface area contributed by atoms with E-state index in [4.69, 9.17) is 10.5 Å². The zero-order valence-electron chi connectivity index (χ0n) is 13.0. The van der Waals surface area contributed by atoms with Crippen molar-refractivity contribution in [1.82, 2.24) is 5.32 Å². The maximum atomic E-state index is 12.2. The van der Waals surface area contributed by atoms with Crippen molar-refractivity contribution < 1.29 is 9.53 Å². The minimum absolute atomic E-state index is 0.102. The first-order valence-electron chi connectivity index (χ1n) is 8.12. The molecule has 1 amide bonds. The summed E-state index contributed by atoms with van der Waals surface area (Å²) in [6.07, 6.45) is 7.25. The molecule has 1 saturated carbocycles. The molecule has 4 heteroatoms. The van der Waals surface area contributed by atoms with Crippen molar-refractivity contribution in [2.75, 3.05) is 13.2 Å². The second kappa shape index (κ2) is 6.90. The van der Waals surface area contributed by atoms with Gasteiger partial charge in [0.25, 0.3) is 0 Å². The zero-order valence-corrected chi connectivity index (χ0v) is 13.0. The third kappa shape index (κ3) is 4.74. The van der Waals surface area contributed by atoms with Gasteiger partial charge in [0.2, 0.25) is 5.91 Å². The predicted molar refractivity (Wildman–Crippen MR) is 80.3 cm³/mol. The van der Waals surface area contributed by atoms with Gasteiger partial charge in [-0.25, -0.2) is 0 Å². The SMILES string of the molecule is CC1(C)CC(NC(=O)CC2CCC(CN)CC2)CCO1. The smallest absolute Gasteiger partial charge is 0.220 e. The van der Waals surface area contributed by atoms with Gasteiger partial charge in [0, 0.05) is 19.1 Å². The zero-order chi connectivity index (χ0) is 14.6. The lowest BCUT2D eigenvalue weighted by molar-refractivity contribution is -0.125. The molecule has 20 heavy (non-hydrogen) atoms. The minimum Gasteiger partial charge on any atom is -0.375 e. The highest BCUT2D eigenvalue weighted by atomic mass is 16.5. The van der Waals surface area contributed by atoms with Crippen molar-refractivity contribution in [3.05, 3.63) is 0 Å². The molecule has 1 atom stereocenters. The third-order valence-corrected chi connectivity index (χ3v) is 4.84. The number of carbonyl (C=O) groups is 1. The molecule has 1 unspecified atom stereocenters. The molecule has 2 fully saturated rings. The Morgan fingerprint density at radius 1 is 1.20 bits per heavy atom. The topological polar surface area (TPSA) is 64.4 Å². The van der Waals surface area contributed by atoms with E-state index in [2.05, 4.69) is 19.2 Å². The summed E-state index contributed by atoms with van der Waals surface area (Å²) in [6, 6.07) is 0.284. The van der Waals surface area contributed by atoms with Crippen LogP contribution in [0.3, 0.4) is 0 Å². The molecule has 0 spiro atoms. The number of ether oxygens (including phenoxy) is 1. The molecule has 0 radical (unpaired) electrons. The Morgan fingerprint density at radius 3 is 2.45 bits per heavy atom. The van der Waals surface area contributed by atoms with E-state index in [9.17, 15) is 4.79 Å². The van der Waals surface area contributed by atoms with Gasteiger partial charge >= 0.3 is 0 Å². The Balaban J connectivity index is 1.70. The second-order valence-corrected chi connectivity index (χ2v) is 7.19. The van der Waals surface area contributed by atoms with E-state index in [1.165, 1.54) is 12.8 Å². The van der Waals surface area contributed by atoms with Crippen LogP contribution in [0.5, 0.6) is 0 Å². The predicted octanol–water partition coefficient (Wildman–Crippen LogP) is 2.22. The van der Waals surface area contributed by atoms with Crippen molar-refractivity contribution in [3.8, 4) is 0 Å². The van der Waals surface area contributed by atoms with E-state index in [0.29, 0.717) is 18.3 Å². The molecule has 0 bridgehead atoms. The molecule has 3 N–H and O–H groups in total. The molecule has 1 heterocycles. The maximum Gasteiger partial charge on any atom is 0.220 e. The van der Waals surface area contributed by atoms with Gasteiger partial charge in [-0.05, 0) is 70.8 Å². The van der Waals surface area contributed by atoms with E-state index in [1.807, 2.05) is 0 Å². The highest BCUT2D eigenvalue weighted by Crippen LogP contribution is 2.30. The average molecular weight is 282 g/mol. The Labute approximate surface area is 122 Å². The standard InChI is InChI=1S/C16H30N2O2/c1-16(2)10-14(7-8-20-16)18-15(19)9-12-3-5-13(11-17)6-4-12/h12-14H,3-11,17H2,1-2H3,(H,18,19). The van der Waals surface area contributed by atoms with Gasteiger partial charge in [0.15, 0.2) is 0 Å². The maximum absolute atomic E-state index is 12.2. The van der Waals surface area contributed by atoms with Crippen LogP contribution >= 0.6 is 0 Å². The van der Waals surface area contributed by atoms with Gasteiger partial charge in [0.05, 0.1) is 5.60 Å². The van der Waals surface area contributed by atoms with Gasteiger partial charge < -0.3 is 15.8 Å². The van der Waals surface area contributed by atoms with Crippen LogP contribution < -0.4 is 11.1 Å². The molecule has 1 saturated heterocycles. The summed E-state index contributed by atoms with van der Waals surface area (Å²) in [5.41, 5.74) is 5.61. The van der Waals surface area contributed by atoms with Crippen LogP contribution in [0.4, 0.5) is 0 Å². The van der Waals surface area contributed by atoms with Crippen LogP contribution in [0.25, 0.3) is 0 Å². The monoisotopic (exact) mass is 282 g/mol. The summed E-state index contributed by atoms with van der Waals surface area (Å²) in [5.74, 6) is 1.47. The lowest BCUT2D eigenvalue weighted by Crippen LogP contribution is -2.46. The van der Waals surface area contributed by atoms with E-state index in [-0.39, 0.29) is 17.6 Å². The largest absolute Gasteiger partial charge is 0.375 e. The van der Waals surface area contributed by atoms with Crippen molar-refractivity contribution in [2.24, 2.45) is 17.6 Å². The Bertz CT molecular complexity index is 322. The van der Waals surface area contributed by atoms with Crippen molar-refractivity contribution in [2.45, 2.75) is 70.4 Å². The van der Waals surface area contributed by atoms with Gasteiger partial charge in [0.1, 0.15) is 0 Å². The molecule has 0 aromatic heterocycles. The Hall–Kier alpha value is -0.610. The average Bonchev–Trinajstić information content (AvgIpc) is 2.38. The number of amides is 1. The second-order valence-electron chi connectivity index (χ2n) is 7.19. The Kier molecular flexibility index (Phi) is 5.44. The summed E-state index contributed by atoms with van der Waals surface area (Å²) in [7, 11) is 0. The summed E-state index contributed by atoms with van der Waals surface area (Å²) in [6.45, 7) is 5.74. The van der Waals surface area contributed by atoms with Crippen LogP contribution in [0.2, 0.25) is 0 Å². The van der Waals surface area contributed by atoms with Gasteiger partial charge in [-0.1, -0.05) is 0 Å². The van der Waals surface area contributed by atoms with E-state index >= 15 is 0 Å². The number of nitrogens with two attached hydrogens (primary N) is 1. The molecule has 4 nitrogen and oxygen atoms in total. The first-order valence-corrected chi connectivity index (χ1v) is 8.12. The number of hydrogen-bond donors (Lipinski definition) is 2. The van der Waals surface area contributed by atoms with E-state index < -0.39 is 0 Å². The lowest BCUT2D eigenvalue weighted by atomic mass is 9.80. The van der Waals surface area contributed by atoms with Crippen LogP contribution in [-0.4, -0.2) is 30.7 Å². The van der Waals surface area contributed by atoms with Crippen molar-refractivity contribution >= 4 is 5.91 Å². The highest BCUT2D eigenvalue weighted by molar-refractivity contribution is 5.76. The first-order chi connectivity index (χ1) is 9.48. The van der Waals surface area contributed by atoms with Gasteiger partial charge in [-0.3, -0.25) is 4.79 Å². The first kappa shape index (κ1) is 15.8. The molecule has 2 rings (SSSR count). The number of carbonyl (C=O) groups excluding carboxylic acids is 1. The fourth-order valence-corrected chi connectivity index (χ4v) is 3.58. The lowest BCUT2D eigenvalue weighted by Gasteiger charge is -2.36. The normalized spacial score (nSPS) is 33.6. The van der Waals surface area contributed by atoms with Crippen molar-refractivity contribution in [3.63, 3.8) is 0 Å². The quantitative estimate of drug-likeness (QED) is 0.831. The number of rotatable bonds is 4. The summed E-state index contributed by atoms with van der Waals surface area (Å²) < 4.78 is 5.69. The molecule has 116 valence electrons. The molecule has 1 aliphatic carbocycles. The summed E-state index contributed by atoms with van der Waals surface area (Å²) in [5, 5.41) is 3.20. The fraction of sp³-hybridized carbons (Fsp3) is 0.938. The molecule has 0 aromatic carbocycles. The Morgan fingerprint density at radius 2 is 1.85 bits per heavy atom. The molecule has 0 aromatic rings. The molecule has 2 aliphatic rings. The van der Waals surface area contributed by atoms with Crippen LogP contribution in [0.1, 0.15) is 58.8 Å². The third-order valence-electron chi connectivity index (χ3n) is 4.84.